The molecule has 8 nitrogen and oxygen atoms in total. The number of aromatic amines is 1. The number of fused-ring (bicyclic) bond motifs is 2. The number of hydrogen-bond acceptors (Lipinski definition) is 7. The van der Waals surface area contributed by atoms with E-state index >= 15 is 0 Å². The highest BCUT2D eigenvalue weighted by atomic mass is 32.1. The Hall–Kier alpha value is -4.11. The zero-order valence-corrected chi connectivity index (χ0v) is 22.8. The number of para-hydroxylation sites is 1. The van der Waals surface area contributed by atoms with Gasteiger partial charge in [0, 0.05) is 22.2 Å². The molecule has 0 amide bonds. The Balaban J connectivity index is 1.76. The van der Waals surface area contributed by atoms with Crippen molar-refractivity contribution in [3.8, 4) is 11.5 Å². The predicted molar refractivity (Wildman–Crippen MR) is 148 cm³/mol. The molecule has 3 heterocycles. The molecule has 0 unspecified atom stereocenters. The van der Waals surface area contributed by atoms with Crippen LogP contribution in [0.4, 0.5) is 0 Å². The van der Waals surface area contributed by atoms with Crippen molar-refractivity contribution >= 4 is 34.3 Å². The SMILES string of the molecule is CCOC(=O)C1=C(C)N=c2sc(=Cc3c(C)[nH]c4ccccc34)c(=O)n2[C@H]1c1ccc(OC)c(OCC)c1. The summed E-state index contributed by atoms with van der Waals surface area (Å²) in [7, 11) is 1.57. The van der Waals surface area contributed by atoms with Gasteiger partial charge in [-0.15, -0.1) is 0 Å². The second-order valence-electron chi connectivity index (χ2n) is 8.85. The van der Waals surface area contributed by atoms with Crippen LogP contribution in [0.5, 0.6) is 11.5 Å². The van der Waals surface area contributed by atoms with Crippen molar-refractivity contribution < 1.29 is 19.0 Å². The molecule has 2 aromatic carbocycles. The van der Waals surface area contributed by atoms with Crippen LogP contribution in [0.3, 0.4) is 0 Å². The smallest absolute Gasteiger partial charge is 0.338 e. The van der Waals surface area contributed by atoms with Crippen molar-refractivity contribution in [2.45, 2.75) is 33.7 Å². The largest absolute Gasteiger partial charge is 0.493 e. The number of methoxy groups -OCH3 is 1. The Labute approximate surface area is 223 Å². The number of ether oxygens (including phenoxy) is 3. The van der Waals surface area contributed by atoms with Crippen LogP contribution in [-0.4, -0.2) is 35.8 Å². The fraction of sp³-hybridized carbons (Fsp3) is 0.276. The first-order valence-corrected chi connectivity index (χ1v) is 13.3. The third-order valence-corrected chi connectivity index (χ3v) is 7.52. The first kappa shape index (κ1) is 25.5. The number of aryl methyl sites for hydroxylation is 1. The minimum absolute atomic E-state index is 0.208. The quantitative estimate of drug-likeness (QED) is 0.364. The fourth-order valence-electron chi connectivity index (χ4n) is 4.85. The summed E-state index contributed by atoms with van der Waals surface area (Å²) in [5.74, 6) is 0.590. The van der Waals surface area contributed by atoms with Gasteiger partial charge < -0.3 is 19.2 Å². The topological polar surface area (TPSA) is 94.9 Å². The number of benzene rings is 2. The summed E-state index contributed by atoms with van der Waals surface area (Å²) in [6, 6.07) is 12.7. The molecule has 38 heavy (non-hydrogen) atoms. The Morgan fingerprint density at radius 2 is 1.92 bits per heavy atom. The lowest BCUT2D eigenvalue weighted by Gasteiger charge is -2.25. The van der Waals surface area contributed by atoms with Gasteiger partial charge in [0.15, 0.2) is 16.3 Å². The highest BCUT2D eigenvalue weighted by molar-refractivity contribution is 7.07. The van der Waals surface area contributed by atoms with E-state index < -0.39 is 12.0 Å². The Bertz CT molecular complexity index is 1760. The molecule has 1 N–H and O–H groups in total. The molecule has 1 aliphatic heterocycles. The van der Waals surface area contributed by atoms with Crippen LogP contribution in [-0.2, 0) is 9.53 Å². The molecular weight excluding hydrogens is 502 g/mol. The van der Waals surface area contributed by atoms with E-state index in [0.717, 1.165) is 22.2 Å². The van der Waals surface area contributed by atoms with Crippen molar-refractivity contribution in [2.75, 3.05) is 20.3 Å². The number of esters is 1. The van der Waals surface area contributed by atoms with Crippen molar-refractivity contribution in [3.63, 3.8) is 0 Å². The maximum absolute atomic E-state index is 14.0. The van der Waals surface area contributed by atoms with Crippen LogP contribution in [0, 0.1) is 6.92 Å². The van der Waals surface area contributed by atoms with Crippen LogP contribution in [0.15, 0.2) is 63.5 Å². The van der Waals surface area contributed by atoms with E-state index in [9.17, 15) is 9.59 Å². The molecule has 4 aromatic rings. The molecule has 0 spiro atoms. The maximum Gasteiger partial charge on any atom is 0.338 e. The summed E-state index contributed by atoms with van der Waals surface area (Å²) in [5, 5.41) is 1.03. The van der Waals surface area contributed by atoms with E-state index in [1.54, 1.807) is 31.6 Å². The van der Waals surface area contributed by atoms with E-state index in [0.29, 0.717) is 44.3 Å². The molecule has 0 saturated heterocycles. The van der Waals surface area contributed by atoms with Gasteiger partial charge in [-0.05, 0) is 57.5 Å². The summed E-state index contributed by atoms with van der Waals surface area (Å²) >= 11 is 1.30. The summed E-state index contributed by atoms with van der Waals surface area (Å²) in [6.07, 6.45) is 1.90. The van der Waals surface area contributed by atoms with Gasteiger partial charge in [0.25, 0.3) is 5.56 Å². The lowest BCUT2D eigenvalue weighted by Crippen LogP contribution is -2.40. The Morgan fingerprint density at radius 1 is 1.13 bits per heavy atom. The summed E-state index contributed by atoms with van der Waals surface area (Å²) in [4.78, 5) is 35.7. The zero-order chi connectivity index (χ0) is 27.0. The molecule has 5 rings (SSSR count). The molecule has 1 atom stereocenters. The van der Waals surface area contributed by atoms with Gasteiger partial charge in [0.05, 0.1) is 42.2 Å². The van der Waals surface area contributed by atoms with Crippen LogP contribution in [0.25, 0.3) is 17.0 Å². The Kier molecular flexibility index (Phi) is 6.94. The minimum Gasteiger partial charge on any atom is -0.493 e. The average molecular weight is 532 g/mol. The molecule has 0 saturated carbocycles. The van der Waals surface area contributed by atoms with Crippen molar-refractivity contribution in [1.29, 1.82) is 0 Å². The van der Waals surface area contributed by atoms with Gasteiger partial charge >= 0.3 is 5.97 Å². The third kappa shape index (κ3) is 4.32. The number of hydrogen-bond donors (Lipinski definition) is 1. The van der Waals surface area contributed by atoms with E-state index in [4.69, 9.17) is 14.2 Å². The minimum atomic E-state index is -0.735. The van der Waals surface area contributed by atoms with E-state index in [2.05, 4.69) is 9.98 Å². The molecule has 0 bridgehead atoms. The number of carbonyl (C=O) groups is 1. The highest BCUT2D eigenvalue weighted by Gasteiger charge is 2.34. The number of aromatic nitrogens is 2. The van der Waals surface area contributed by atoms with Crippen molar-refractivity contribution in [2.24, 2.45) is 4.99 Å². The Morgan fingerprint density at radius 3 is 2.66 bits per heavy atom. The molecule has 0 fully saturated rings. The van der Waals surface area contributed by atoms with Crippen LogP contribution in [0.2, 0.25) is 0 Å². The van der Waals surface area contributed by atoms with Gasteiger partial charge in [-0.25, -0.2) is 9.79 Å². The summed E-state index contributed by atoms with van der Waals surface area (Å²) in [5.41, 5.74) is 4.22. The van der Waals surface area contributed by atoms with E-state index in [1.165, 1.54) is 11.3 Å². The molecular formula is C29H29N3O5S. The monoisotopic (exact) mass is 531 g/mol. The van der Waals surface area contributed by atoms with Crippen LogP contribution in [0.1, 0.15) is 43.6 Å². The van der Waals surface area contributed by atoms with E-state index in [1.807, 2.05) is 56.3 Å². The lowest BCUT2D eigenvalue weighted by molar-refractivity contribution is -0.139. The molecule has 1 aliphatic rings. The summed E-state index contributed by atoms with van der Waals surface area (Å²) in [6.45, 7) is 8.04. The van der Waals surface area contributed by atoms with Gasteiger partial charge in [0.2, 0.25) is 0 Å². The molecule has 0 aliphatic carbocycles. The predicted octanol–water partition coefficient (Wildman–Crippen LogP) is 4.00. The second kappa shape index (κ2) is 10.3. The number of thiazole rings is 1. The van der Waals surface area contributed by atoms with Gasteiger partial charge in [-0.2, -0.15) is 0 Å². The molecule has 196 valence electrons. The molecule has 0 radical (unpaired) electrons. The van der Waals surface area contributed by atoms with Crippen molar-refractivity contribution in [1.82, 2.24) is 9.55 Å². The number of carbonyl (C=O) groups excluding carboxylic acids is 1. The van der Waals surface area contributed by atoms with Gasteiger partial charge in [0.1, 0.15) is 0 Å². The number of rotatable bonds is 7. The number of H-pyrrole nitrogens is 1. The van der Waals surface area contributed by atoms with Gasteiger partial charge in [-0.1, -0.05) is 35.6 Å². The number of nitrogens with zero attached hydrogens (tertiary/aromatic N) is 2. The van der Waals surface area contributed by atoms with Crippen LogP contribution < -0.4 is 24.4 Å². The third-order valence-electron chi connectivity index (χ3n) is 6.54. The van der Waals surface area contributed by atoms with E-state index in [-0.39, 0.29) is 12.2 Å². The maximum atomic E-state index is 14.0. The average Bonchev–Trinajstić information content (AvgIpc) is 3.38. The first-order valence-electron chi connectivity index (χ1n) is 12.5. The fourth-order valence-corrected chi connectivity index (χ4v) is 5.88. The number of nitrogens with one attached hydrogen (secondary N) is 1. The number of allylic oxidation sites excluding steroid dienone is 1. The van der Waals surface area contributed by atoms with Crippen molar-refractivity contribution in [3.05, 3.63) is 90.2 Å². The standard InChI is InChI=1S/C29H29N3O5S/c1-6-36-23-14-18(12-13-22(23)35-5)26-25(28(34)37-7-2)17(4)31-29-32(26)27(33)24(38-29)15-20-16(3)30-21-11-9-8-10-19(20)21/h8-15,26,30H,6-7H2,1-5H3/t26-/m0/s1. The molecule has 2 aromatic heterocycles. The highest BCUT2D eigenvalue weighted by Crippen LogP contribution is 2.36. The first-order chi connectivity index (χ1) is 18.4. The molecule has 9 heteroatoms. The second-order valence-corrected chi connectivity index (χ2v) is 9.86. The zero-order valence-electron chi connectivity index (χ0n) is 22.0. The van der Waals surface area contributed by atoms with Gasteiger partial charge in [-0.3, -0.25) is 9.36 Å². The normalized spacial score (nSPS) is 15.4. The van der Waals surface area contributed by atoms with Crippen LogP contribution >= 0.6 is 11.3 Å². The lowest BCUT2D eigenvalue weighted by atomic mass is 9.95. The summed E-state index contributed by atoms with van der Waals surface area (Å²) < 4.78 is 18.8.